The van der Waals surface area contributed by atoms with E-state index in [9.17, 15) is 0 Å². The van der Waals surface area contributed by atoms with E-state index in [1.165, 1.54) is 5.56 Å². The van der Waals surface area contributed by atoms with Crippen LogP contribution in [0.25, 0.3) is 0 Å². The first-order chi connectivity index (χ1) is 5.74. The normalized spacial score (nSPS) is 10.6. The van der Waals surface area contributed by atoms with Gasteiger partial charge in [0, 0.05) is 17.2 Å². The summed E-state index contributed by atoms with van der Waals surface area (Å²) in [5.74, 6) is 0. The minimum absolute atomic E-state index is 1.07. The first-order valence-corrected chi connectivity index (χ1v) is 4.46. The van der Waals surface area contributed by atoms with Crippen molar-refractivity contribution in [1.29, 1.82) is 0 Å². The molecule has 0 amide bonds. The molecule has 0 atom stereocenters. The molecule has 0 aromatic heterocycles. The summed E-state index contributed by atoms with van der Waals surface area (Å²) in [7, 11) is 1.74. The number of hydrogen-bond donors (Lipinski definition) is 1. The van der Waals surface area contributed by atoms with Crippen molar-refractivity contribution in [3.63, 3.8) is 0 Å². The Bertz CT molecular complexity index is 295. The smallest absolute Gasteiger partial charge is 0.0864 e. The van der Waals surface area contributed by atoms with Gasteiger partial charge in [0.25, 0.3) is 0 Å². The Hall–Kier alpha value is -0.830. The van der Waals surface area contributed by atoms with Gasteiger partial charge in [0.15, 0.2) is 0 Å². The van der Waals surface area contributed by atoms with Crippen molar-refractivity contribution in [3.05, 3.63) is 28.2 Å². The Morgan fingerprint density at radius 3 is 2.92 bits per heavy atom. The fourth-order valence-electron chi connectivity index (χ4n) is 0.884. The fourth-order valence-corrected chi connectivity index (χ4v) is 1.24. The molecule has 0 unspecified atom stereocenters. The molecule has 0 saturated heterocycles. The Balaban J connectivity index is 2.89. The molecular formula is C9H11BrN2. The van der Waals surface area contributed by atoms with Crippen LogP contribution in [-0.4, -0.2) is 13.4 Å². The SMILES string of the molecule is CN=CNc1cc(Br)ccc1C. The molecule has 0 aliphatic carbocycles. The maximum Gasteiger partial charge on any atom is 0.0864 e. The zero-order valence-corrected chi connectivity index (χ0v) is 8.72. The highest BCUT2D eigenvalue weighted by molar-refractivity contribution is 9.10. The highest BCUT2D eigenvalue weighted by atomic mass is 79.9. The lowest BCUT2D eigenvalue weighted by Gasteiger charge is -2.04. The second-order valence-electron chi connectivity index (χ2n) is 2.49. The van der Waals surface area contributed by atoms with Gasteiger partial charge in [-0.15, -0.1) is 0 Å². The highest BCUT2D eigenvalue weighted by Crippen LogP contribution is 2.19. The van der Waals surface area contributed by atoms with Crippen molar-refractivity contribution >= 4 is 28.0 Å². The van der Waals surface area contributed by atoms with Gasteiger partial charge in [-0.2, -0.15) is 0 Å². The standard InChI is InChI=1S/C9H11BrN2/c1-7-3-4-8(10)5-9(7)12-6-11-2/h3-6H,1-2H3,(H,11,12). The first kappa shape index (κ1) is 9.26. The molecule has 0 fully saturated rings. The summed E-state index contributed by atoms with van der Waals surface area (Å²) in [5, 5.41) is 3.08. The van der Waals surface area contributed by atoms with E-state index in [1.54, 1.807) is 13.4 Å². The molecule has 1 N–H and O–H groups in total. The maximum absolute atomic E-state index is 3.85. The van der Waals surface area contributed by atoms with Crippen molar-refractivity contribution < 1.29 is 0 Å². The zero-order valence-electron chi connectivity index (χ0n) is 7.13. The number of rotatable bonds is 2. The molecular weight excluding hydrogens is 216 g/mol. The average Bonchev–Trinajstić information content (AvgIpc) is 2.07. The summed E-state index contributed by atoms with van der Waals surface area (Å²) in [4.78, 5) is 3.85. The summed E-state index contributed by atoms with van der Waals surface area (Å²) in [6.07, 6.45) is 1.68. The Morgan fingerprint density at radius 1 is 1.50 bits per heavy atom. The number of aliphatic imine (C=N–C) groups is 1. The van der Waals surface area contributed by atoms with Gasteiger partial charge in [0.2, 0.25) is 0 Å². The number of halogens is 1. The predicted octanol–water partition coefficient (Wildman–Crippen LogP) is 2.83. The predicted molar refractivity (Wildman–Crippen MR) is 56.9 cm³/mol. The second kappa shape index (κ2) is 4.26. The van der Waals surface area contributed by atoms with Crippen molar-refractivity contribution in [1.82, 2.24) is 0 Å². The zero-order chi connectivity index (χ0) is 8.97. The van der Waals surface area contributed by atoms with E-state index in [1.807, 2.05) is 12.1 Å². The van der Waals surface area contributed by atoms with Gasteiger partial charge < -0.3 is 5.32 Å². The lowest BCUT2D eigenvalue weighted by atomic mass is 10.2. The minimum Gasteiger partial charge on any atom is -0.346 e. The quantitative estimate of drug-likeness (QED) is 0.609. The second-order valence-corrected chi connectivity index (χ2v) is 3.41. The van der Waals surface area contributed by atoms with E-state index >= 15 is 0 Å². The van der Waals surface area contributed by atoms with Gasteiger partial charge in [0.05, 0.1) is 6.34 Å². The van der Waals surface area contributed by atoms with Crippen LogP contribution in [0.15, 0.2) is 27.7 Å². The topological polar surface area (TPSA) is 24.4 Å². The molecule has 0 heterocycles. The Kier molecular flexibility index (Phi) is 3.29. The Labute approximate surface area is 80.8 Å². The van der Waals surface area contributed by atoms with Gasteiger partial charge in [-0.1, -0.05) is 22.0 Å². The van der Waals surface area contributed by atoms with Crippen LogP contribution in [-0.2, 0) is 0 Å². The third-order valence-corrected chi connectivity index (χ3v) is 2.04. The van der Waals surface area contributed by atoms with E-state index in [2.05, 4.69) is 39.2 Å². The van der Waals surface area contributed by atoms with Crippen LogP contribution in [0.2, 0.25) is 0 Å². The molecule has 0 saturated carbocycles. The largest absolute Gasteiger partial charge is 0.346 e. The minimum atomic E-state index is 1.07. The van der Waals surface area contributed by atoms with Crippen LogP contribution in [0.1, 0.15) is 5.56 Å². The highest BCUT2D eigenvalue weighted by Gasteiger charge is 1.95. The van der Waals surface area contributed by atoms with E-state index in [-0.39, 0.29) is 0 Å². The van der Waals surface area contributed by atoms with Crippen LogP contribution in [0.5, 0.6) is 0 Å². The van der Waals surface area contributed by atoms with Gasteiger partial charge in [-0.25, -0.2) is 0 Å². The van der Waals surface area contributed by atoms with Crippen LogP contribution in [0.3, 0.4) is 0 Å². The monoisotopic (exact) mass is 226 g/mol. The van der Waals surface area contributed by atoms with E-state index in [0.29, 0.717) is 0 Å². The average molecular weight is 227 g/mol. The first-order valence-electron chi connectivity index (χ1n) is 3.67. The molecule has 12 heavy (non-hydrogen) atoms. The van der Waals surface area contributed by atoms with Crippen LogP contribution in [0.4, 0.5) is 5.69 Å². The molecule has 1 aromatic carbocycles. The molecule has 64 valence electrons. The Morgan fingerprint density at radius 2 is 2.25 bits per heavy atom. The molecule has 1 rings (SSSR count). The molecule has 3 heteroatoms. The molecule has 0 radical (unpaired) electrons. The molecule has 0 bridgehead atoms. The van der Waals surface area contributed by atoms with Crippen molar-refractivity contribution in [3.8, 4) is 0 Å². The number of anilines is 1. The molecule has 0 aliphatic rings. The fraction of sp³-hybridized carbons (Fsp3) is 0.222. The van der Waals surface area contributed by atoms with Crippen molar-refractivity contribution in [2.24, 2.45) is 4.99 Å². The van der Waals surface area contributed by atoms with Gasteiger partial charge >= 0.3 is 0 Å². The van der Waals surface area contributed by atoms with E-state index in [4.69, 9.17) is 0 Å². The number of benzene rings is 1. The number of nitrogens with one attached hydrogen (secondary N) is 1. The van der Waals surface area contributed by atoms with Gasteiger partial charge in [0.1, 0.15) is 0 Å². The number of aryl methyl sites for hydroxylation is 1. The third-order valence-electron chi connectivity index (χ3n) is 1.55. The van der Waals surface area contributed by atoms with Gasteiger partial charge in [-0.05, 0) is 24.6 Å². The summed E-state index contributed by atoms with van der Waals surface area (Å²) < 4.78 is 1.07. The summed E-state index contributed by atoms with van der Waals surface area (Å²) in [6.45, 7) is 2.05. The molecule has 2 nitrogen and oxygen atoms in total. The summed E-state index contributed by atoms with van der Waals surface area (Å²) in [6, 6.07) is 6.09. The summed E-state index contributed by atoms with van der Waals surface area (Å²) in [5.41, 5.74) is 2.29. The summed E-state index contributed by atoms with van der Waals surface area (Å²) >= 11 is 3.40. The lowest BCUT2D eigenvalue weighted by Crippen LogP contribution is -1.96. The van der Waals surface area contributed by atoms with E-state index in [0.717, 1.165) is 10.2 Å². The van der Waals surface area contributed by atoms with E-state index < -0.39 is 0 Å². The van der Waals surface area contributed by atoms with Crippen LogP contribution >= 0.6 is 15.9 Å². The number of hydrogen-bond acceptors (Lipinski definition) is 1. The van der Waals surface area contributed by atoms with Gasteiger partial charge in [-0.3, -0.25) is 4.99 Å². The van der Waals surface area contributed by atoms with Crippen LogP contribution < -0.4 is 5.32 Å². The van der Waals surface area contributed by atoms with Crippen molar-refractivity contribution in [2.45, 2.75) is 6.92 Å². The molecule has 0 aliphatic heterocycles. The van der Waals surface area contributed by atoms with Crippen LogP contribution in [0, 0.1) is 6.92 Å². The molecule has 0 spiro atoms. The third kappa shape index (κ3) is 2.34. The number of nitrogens with zero attached hydrogens (tertiary/aromatic N) is 1. The molecule has 1 aromatic rings. The lowest BCUT2D eigenvalue weighted by molar-refractivity contribution is 1.42. The maximum atomic E-state index is 3.85. The van der Waals surface area contributed by atoms with Crippen molar-refractivity contribution in [2.75, 3.05) is 12.4 Å².